The van der Waals surface area contributed by atoms with Gasteiger partial charge in [0, 0.05) is 21.7 Å². The number of nitrogens with zero attached hydrogens (tertiary/aromatic N) is 3. The molecule has 0 amide bonds. The molecule has 0 unspecified atom stereocenters. The van der Waals surface area contributed by atoms with Crippen LogP contribution in [0.4, 0.5) is 0 Å². The maximum Gasteiger partial charge on any atom is 0.146 e. The summed E-state index contributed by atoms with van der Waals surface area (Å²) in [4.78, 5) is 10.1. The van der Waals surface area contributed by atoms with Gasteiger partial charge >= 0.3 is 0 Å². The topological polar surface area (TPSA) is 30.2 Å². The minimum absolute atomic E-state index is 0.972. The Kier molecular flexibility index (Phi) is 4.61. The van der Waals surface area contributed by atoms with E-state index in [2.05, 4.69) is 138 Å². The highest BCUT2D eigenvalue weighted by molar-refractivity contribution is 6.15. The van der Waals surface area contributed by atoms with Crippen molar-refractivity contribution in [2.45, 2.75) is 0 Å². The molecule has 6 aromatic carbocycles. The van der Waals surface area contributed by atoms with Crippen LogP contribution in [0.15, 0.2) is 140 Å². The molecular formula is C38H23N3. The molecule has 190 valence electrons. The molecule has 3 aromatic heterocycles. The van der Waals surface area contributed by atoms with Gasteiger partial charge in [-0.3, -0.25) is 4.40 Å². The molecule has 41 heavy (non-hydrogen) atoms. The highest BCUT2D eigenvalue weighted by atomic mass is 15.0. The Morgan fingerprint density at radius 3 is 2.00 bits per heavy atom. The third-order valence-electron chi connectivity index (χ3n) is 8.33. The number of hydrogen-bond donors (Lipinski definition) is 0. The second-order valence-electron chi connectivity index (χ2n) is 10.7. The van der Waals surface area contributed by atoms with Crippen LogP contribution in [0.3, 0.4) is 0 Å². The molecule has 0 aliphatic rings. The second-order valence-corrected chi connectivity index (χ2v) is 10.7. The Balaban J connectivity index is 1.36. The Morgan fingerprint density at radius 2 is 1.07 bits per heavy atom. The van der Waals surface area contributed by atoms with Gasteiger partial charge in [0.15, 0.2) is 0 Å². The van der Waals surface area contributed by atoms with Crippen LogP contribution in [-0.2, 0) is 0 Å². The fourth-order valence-electron chi connectivity index (χ4n) is 6.29. The van der Waals surface area contributed by atoms with Crippen LogP contribution in [-0.4, -0.2) is 14.4 Å². The smallest absolute Gasteiger partial charge is 0.146 e. The van der Waals surface area contributed by atoms with Crippen molar-refractivity contribution in [3.05, 3.63) is 140 Å². The molecule has 3 nitrogen and oxygen atoms in total. The van der Waals surface area contributed by atoms with Crippen LogP contribution < -0.4 is 0 Å². The fraction of sp³-hybridized carbons (Fsp3) is 0. The van der Waals surface area contributed by atoms with Gasteiger partial charge in [-0.25, -0.2) is 9.97 Å². The lowest BCUT2D eigenvalue weighted by Gasteiger charge is -2.13. The highest BCUT2D eigenvalue weighted by Crippen LogP contribution is 2.37. The van der Waals surface area contributed by atoms with Crippen LogP contribution >= 0.6 is 0 Å². The molecule has 0 aliphatic carbocycles. The summed E-state index contributed by atoms with van der Waals surface area (Å²) in [6.45, 7) is 0. The third kappa shape index (κ3) is 3.39. The standard InChI is InChI=1S/C38H23N3/c1-2-9-26-21-27(14-13-24(26)7-1)28-15-18-30-31(22-28)32-23-29(34-19-16-25-8-3-4-10-33(25)39-34)17-20-36(32)41-37-12-6-5-11-35(37)40-38(30)41/h1-23H. The average molecular weight is 522 g/mol. The first-order valence-electron chi connectivity index (χ1n) is 13.9. The SMILES string of the molecule is c1ccc2cc(-c3ccc4c(c3)c3cc(-c5ccc6ccccc6n5)ccc3n3c5ccccc5nc43)ccc2c1. The van der Waals surface area contributed by atoms with E-state index < -0.39 is 0 Å². The lowest BCUT2D eigenvalue weighted by Crippen LogP contribution is -1.93. The lowest BCUT2D eigenvalue weighted by atomic mass is 9.96. The first-order valence-corrected chi connectivity index (χ1v) is 13.9. The van der Waals surface area contributed by atoms with E-state index in [0.29, 0.717) is 0 Å². The Hall–Kier alpha value is -5.54. The largest absolute Gasteiger partial charge is 0.292 e. The monoisotopic (exact) mass is 521 g/mol. The predicted molar refractivity (Wildman–Crippen MR) is 171 cm³/mol. The van der Waals surface area contributed by atoms with E-state index in [-0.39, 0.29) is 0 Å². The first kappa shape index (κ1) is 22.3. The molecule has 0 atom stereocenters. The molecule has 3 heterocycles. The van der Waals surface area contributed by atoms with Crippen LogP contribution in [0.5, 0.6) is 0 Å². The maximum absolute atomic E-state index is 5.10. The molecule has 0 spiro atoms. The van der Waals surface area contributed by atoms with Crippen molar-refractivity contribution in [2.24, 2.45) is 0 Å². The van der Waals surface area contributed by atoms with Gasteiger partial charge in [-0.05, 0) is 81.9 Å². The van der Waals surface area contributed by atoms with E-state index in [0.717, 1.165) is 49.7 Å². The molecule has 9 rings (SSSR count). The minimum atomic E-state index is 0.972. The summed E-state index contributed by atoms with van der Waals surface area (Å²) in [6, 6.07) is 49.7. The maximum atomic E-state index is 5.10. The summed E-state index contributed by atoms with van der Waals surface area (Å²) in [5.74, 6) is 0. The second kappa shape index (κ2) is 8.48. The fourth-order valence-corrected chi connectivity index (χ4v) is 6.29. The molecule has 0 bridgehead atoms. The molecular weight excluding hydrogens is 498 g/mol. The highest BCUT2D eigenvalue weighted by Gasteiger charge is 2.16. The summed E-state index contributed by atoms with van der Waals surface area (Å²) in [7, 11) is 0. The van der Waals surface area contributed by atoms with Crippen molar-refractivity contribution >= 4 is 60.0 Å². The molecule has 0 saturated heterocycles. The molecule has 0 radical (unpaired) electrons. The van der Waals surface area contributed by atoms with Gasteiger partial charge in [-0.1, -0.05) is 84.9 Å². The zero-order chi connectivity index (χ0) is 26.9. The minimum Gasteiger partial charge on any atom is -0.292 e. The van der Waals surface area contributed by atoms with Crippen LogP contribution in [0.2, 0.25) is 0 Å². The van der Waals surface area contributed by atoms with Crippen molar-refractivity contribution in [1.29, 1.82) is 0 Å². The van der Waals surface area contributed by atoms with Gasteiger partial charge in [0.2, 0.25) is 0 Å². The lowest BCUT2D eigenvalue weighted by molar-refractivity contribution is 1.31. The van der Waals surface area contributed by atoms with Gasteiger partial charge in [0.1, 0.15) is 5.65 Å². The van der Waals surface area contributed by atoms with Crippen LogP contribution in [0.25, 0.3) is 82.4 Å². The summed E-state index contributed by atoms with van der Waals surface area (Å²) < 4.78 is 2.31. The van der Waals surface area contributed by atoms with Gasteiger partial charge in [0.25, 0.3) is 0 Å². The average Bonchev–Trinajstić information content (AvgIpc) is 3.44. The van der Waals surface area contributed by atoms with Crippen LogP contribution in [0, 0.1) is 0 Å². The van der Waals surface area contributed by atoms with E-state index in [1.165, 1.54) is 32.7 Å². The van der Waals surface area contributed by atoms with E-state index in [1.54, 1.807) is 0 Å². The Morgan fingerprint density at radius 1 is 0.390 bits per heavy atom. The number of para-hydroxylation sites is 3. The Labute approximate surface area is 236 Å². The normalized spacial score (nSPS) is 11.9. The van der Waals surface area contributed by atoms with Crippen LogP contribution in [0.1, 0.15) is 0 Å². The number of aromatic nitrogens is 3. The van der Waals surface area contributed by atoms with Gasteiger partial charge in [0.05, 0.1) is 27.8 Å². The number of fused-ring (bicyclic) bond motifs is 10. The van der Waals surface area contributed by atoms with E-state index in [4.69, 9.17) is 9.97 Å². The van der Waals surface area contributed by atoms with E-state index >= 15 is 0 Å². The van der Waals surface area contributed by atoms with Crippen molar-refractivity contribution in [2.75, 3.05) is 0 Å². The molecule has 9 aromatic rings. The third-order valence-corrected chi connectivity index (χ3v) is 8.33. The number of pyridine rings is 2. The van der Waals surface area contributed by atoms with Crippen molar-refractivity contribution in [3.63, 3.8) is 0 Å². The summed E-state index contributed by atoms with van der Waals surface area (Å²) in [6.07, 6.45) is 0. The number of benzene rings is 6. The predicted octanol–water partition coefficient (Wildman–Crippen LogP) is 9.83. The van der Waals surface area contributed by atoms with E-state index in [9.17, 15) is 0 Å². The zero-order valence-electron chi connectivity index (χ0n) is 22.1. The molecule has 0 fully saturated rings. The van der Waals surface area contributed by atoms with Gasteiger partial charge < -0.3 is 0 Å². The molecule has 3 heteroatoms. The molecule has 0 N–H and O–H groups in total. The number of hydrogen-bond acceptors (Lipinski definition) is 2. The number of imidazole rings is 1. The van der Waals surface area contributed by atoms with Gasteiger partial charge in [-0.2, -0.15) is 0 Å². The van der Waals surface area contributed by atoms with Crippen molar-refractivity contribution in [3.8, 4) is 22.4 Å². The number of rotatable bonds is 2. The molecule has 0 saturated carbocycles. The first-order chi connectivity index (χ1) is 20.3. The van der Waals surface area contributed by atoms with Crippen molar-refractivity contribution < 1.29 is 0 Å². The molecule has 0 aliphatic heterocycles. The van der Waals surface area contributed by atoms with Gasteiger partial charge in [-0.15, -0.1) is 0 Å². The van der Waals surface area contributed by atoms with Crippen molar-refractivity contribution in [1.82, 2.24) is 14.4 Å². The summed E-state index contributed by atoms with van der Waals surface area (Å²) in [5.41, 5.74) is 9.72. The zero-order valence-corrected chi connectivity index (χ0v) is 22.1. The van der Waals surface area contributed by atoms with E-state index in [1.807, 2.05) is 6.07 Å². The summed E-state index contributed by atoms with van der Waals surface area (Å²) in [5, 5.41) is 7.16. The Bertz CT molecular complexity index is 2490. The quantitative estimate of drug-likeness (QED) is 0.212. The summed E-state index contributed by atoms with van der Waals surface area (Å²) >= 11 is 0.